The fourth-order valence-corrected chi connectivity index (χ4v) is 2.15. The number of hydrogen-bond donors (Lipinski definition) is 3. The number of ether oxygens (including phenoxy) is 1. The zero-order valence-electron chi connectivity index (χ0n) is 9.43. The van der Waals surface area contributed by atoms with Crippen molar-refractivity contribution in [2.75, 3.05) is 24.2 Å². The summed E-state index contributed by atoms with van der Waals surface area (Å²) in [6.45, 7) is 0.127. The summed E-state index contributed by atoms with van der Waals surface area (Å²) in [5, 5.41) is 7.25. The molecule has 17 heavy (non-hydrogen) atoms. The first-order chi connectivity index (χ1) is 7.94. The summed E-state index contributed by atoms with van der Waals surface area (Å²) < 4.78 is 30.2. The lowest BCUT2D eigenvalue weighted by atomic mass is 10.2. The van der Waals surface area contributed by atoms with Crippen LogP contribution < -0.4 is 10.5 Å². The van der Waals surface area contributed by atoms with E-state index in [4.69, 9.17) is 15.9 Å². The first-order valence-corrected chi connectivity index (χ1v) is 6.54. The molecule has 0 saturated carbocycles. The van der Waals surface area contributed by atoms with Crippen LogP contribution in [0.1, 0.15) is 5.56 Å². The van der Waals surface area contributed by atoms with Crippen LogP contribution in [0.2, 0.25) is 0 Å². The third-order valence-electron chi connectivity index (χ3n) is 2.00. The average Bonchev–Trinajstić information content (AvgIpc) is 2.26. The van der Waals surface area contributed by atoms with E-state index in [0.717, 1.165) is 0 Å². The first kappa shape index (κ1) is 13.5. The molecule has 0 saturated heterocycles. The Balaban J connectivity index is 2.81. The predicted molar refractivity (Wildman–Crippen MR) is 66.7 cm³/mol. The molecule has 0 aliphatic rings. The van der Waals surface area contributed by atoms with E-state index < -0.39 is 10.0 Å². The van der Waals surface area contributed by atoms with Crippen molar-refractivity contribution >= 4 is 21.5 Å². The standard InChI is InChI=1S/C10H15N3O3S/c1-16-5-6-17(14,15)13-9-4-2-3-8(7-9)10(11)12/h2-4,7,13H,5-6H2,1H3,(H3,11,12). The highest BCUT2D eigenvalue weighted by atomic mass is 32.2. The van der Waals surface area contributed by atoms with E-state index >= 15 is 0 Å². The molecule has 6 nitrogen and oxygen atoms in total. The monoisotopic (exact) mass is 257 g/mol. The third kappa shape index (κ3) is 4.41. The van der Waals surface area contributed by atoms with E-state index in [2.05, 4.69) is 4.72 Å². The Hall–Kier alpha value is -1.60. The number of anilines is 1. The minimum Gasteiger partial charge on any atom is -0.384 e. The first-order valence-electron chi connectivity index (χ1n) is 4.88. The maximum atomic E-state index is 11.6. The number of nitrogens with one attached hydrogen (secondary N) is 2. The highest BCUT2D eigenvalue weighted by Gasteiger charge is 2.10. The number of rotatable bonds is 6. The van der Waals surface area contributed by atoms with Crippen LogP contribution in [0, 0.1) is 5.41 Å². The molecular formula is C10H15N3O3S. The summed E-state index contributed by atoms with van der Waals surface area (Å²) in [4.78, 5) is 0. The van der Waals surface area contributed by atoms with Crippen LogP contribution in [0.25, 0.3) is 0 Å². The third-order valence-corrected chi connectivity index (χ3v) is 3.25. The molecular weight excluding hydrogens is 242 g/mol. The van der Waals surface area contributed by atoms with E-state index in [0.29, 0.717) is 11.3 Å². The summed E-state index contributed by atoms with van der Waals surface area (Å²) in [6.07, 6.45) is 0. The van der Waals surface area contributed by atoms with Gasteiger partial charge >= 0.3 is 0 Å². The van der Waals surface area contributed by atoms with E-state index in [1.165, 1.54) is 13.2 Å². The fourth-order valence-electron chi connectivity index (χ4n) is 1.17. The Morgan fingerprint density at radius 3 is 2.82 bits per heavy atom. The van der Waals surface area contributed by atoms with Gasteiger partial charge in [-0.1, -0.05) is 12.1 Å². The molecule has 0 heterocycles. The summed E-state index contributed by atoms with van der Waals surface area (Å²) in [5.41, 5.74) is 6.17. The van der Waals surface area contributed by atoms with Gasteiger partial charge in [0.25, 0.3) is 0 Å². The van der Waals surface area contributed by atoms with Gasteiger partial charge in [0.2, 0.25) is 10.0 Å². The van der Waals surface area contributed by atoms with Crippen LogP contribution in [-0.4, -0.2) is 33.7 Å². The zero-order valence-corrected chi connectivity index (χ0v) is 10.3. The van der Waals surface area contributed by atoms with Crippen molar-refractivity contribution in [2.24, 2.45) is 5.73 Å². The average molecular weight is 257 g/mol. The van der Waals surface area contributed by atoms with Crippen molar-refractivity contribution in [1.82, 2.24) is 0 Å². The Morgan fingerprint density at radius 1 is 1.53 bits per heavy atom. The lowest BCUT2D eigenvalue weighted by molar-refractivity contribution is 0.217. The van der Waals surface area contributed by atoms with Gasteiger partial charge in [-0.2, -0.15) is 0 Å². The van der Waals surface area contributed by atoms with Crippen molar-refractivity contribution in [3.05, 3.63) is 29.8 Å². The van der Waals surface area contributed by atoms with Crippen LogP contribution in [-0.2, 0) is 14.8 Å². The van der Waals surface area contributed by atoms with Crippen molar-refractivity contribution < 1.29 is 13.2 Å². The molecule has 0 aromatic heterocycles. The molecule has 0 aliphatic heterocycles. The van der Waals surface area contributed by atoms with Gasteiger partial charge in [-0.05, 0) is 12.1 Å². The highest BCUT2D eigenvalue weighted by molar-refractivity contribution is 7.92. The van der Waals surface area contributed by atoms with Gasteiger partial charge in [0.1, 0.15) is 5.84 Å². The number of benzene rings is 1. The van der Waals surface area contributed by atoms with Crippen molar-refractivity contribution in [3.8, 4) is 0 Å². The molecule has 0 atom stereocenters. The molecule has 0 fully saturated rings. The topological polar surface area (TPSA) is 105 Å². The lowest BCUT2D eigenvalue weighted by Crippen LogP contribution is -2.20. The molecule has 1 rings (SSSR count). The molecule has 0 bridgehead atoms. The Morgan fingerprint density at radius 2 is 2.24 bits per heavy atom. The Bertz CT molecular complexity index is 499. The summed E-state index contributed by atoms with van der Waals surface area (Å²) in [5.74, 6) is -0.226. The quantitative estimate of drug-likeness (QED) is 0.505. The van der Waals surface area contributed by atoms with Gasteiger partial charge in [0.15, 0.2) is 0 Å². The number of amidine groups is 1. The van der Waals surface area contributed by atoms with Gasteiger partial charge in [0, 0.05) is 18.4 Å². The molecule has 1 aromatic rings. The Labute approximate surface area is 100 Å². The molecule has 0 aliphatic carbocycles. The SMILES string of the molecule is COCCS(=O)(=O)Nc1cccc(C(=N)N)c1. The molecule has 94 valence electrons. The highest BCUT2D eigenvalue weighted by Crippen LogP contribution is 2.12. The summed E-state index contributed by atoms with van der Waals surface area (Å²) >= 11 is 0. The van der Waals surface area contributed by atoms with Crippen LogP contribution >= 0.6 is 0 Å². The second-order valence-corrected chi connectivity index (χ2v) is 5.25. The largest absolute Gasteiger partial charge is 0.384 e. The number of methoxy groups -OCH3 is 1. The fraction of sp³-hybridized carbons (Fsp3) is 0.300. The predicted octanol–water partition coefficient (Wildman–Crippen LogP) is 0.359. The molecule has 1 aromatic carbocycles. The Kier molecular flexibility index (Phi) is 4.47. The smallest absolute Gasteiger partial charge is 0.234 e. The van der Waals surface area contributed by atoms with Crippen LogP contribution in [0.15, 0.2) is 24.3 Å². The number of nitrogen functional groups attached to an aromatic ring is 1. The molecule has 4 N–H and O–H groups in total. The molecule has 0 amide bonds. The summed E-state index contributed by atoms with van der Waals surface area (Å²) in [6, 6.07) is 6.36. The number of hydrogen-bond acceptors (Lipinski definition) is 4. The molecule has 0 spiro atoms. The second kappa shape index (κ2) is 5.65. The van der Waals surface area contributed by atoms with E-state index in [1.807, 2.05) is 0 Å². The molecule has 0 unspecified atom stereocenters. The van der Waals surface area contributed by atoms with Gasteiger partial charge in [-0.15, -0.1) is 0 Å². The van der Waals surface area contributed by atoms with Crippen LogP contribution in [0.3, 0.4) is 0 Å². The van der Waals surface area contributed by atoms with Crippen molar-refractivity contribution in [2.45, 2.75) is 0 Å². The minimum atomic E-state index is -3.43. The van der Waals surface area contributed by atoms with Gasteiger partial charge in [0.05, 0.1) is 12.4 Å². The molecule has 0 radical (unpaired) electrons. The maximum Gasteiger partial charge on any atom is 0.234 e. The van der Waals surface area contributed by atoms with Crippen molar-refractivity contribution in [1.29, 1.82) is 5.41 Å². The number of nitrogens with two attached hydrogens (primary N) is 1. The van der Waals surface area contributed by atoms with Gasteiger partial charge in [-0.3, -0.25) is 10.1 Å². The lowest BCUT2D eigenvalue weighted by Gasteiger charge is -2.08. The zero-order chi connectivity index (χ0) is 12.9. The van der Waals surface area contributed by atoms with Gasteiger partial charge < -0.3 is 10.5 Å². The van der Waals surface area contributed by atoms with E-state index in [1.54, 1.807) is 18.2 Å². The van der Waals surface area contributed by atoms with Crippen LogP contribution in [0.4, 0.5) is 5.69 Å². The number of sulfonamides is 1. The maximum absolute atomic E-state index is 11.6. The van der Waals surface area contributed by atoms with E-state index in [9.17, 15) is 8.42 Å². The van der Waals surface area contributed by atoms with Crippen LogP contribution in [0.5, 0.6) is 0 Å². The molecule has 7 heteroatoms. The second-order valence-electron chi connectivity index (χ2n) is 3.41. The minimum absolute atomic E-state index is 0.108. The van der Waals surface area contributed by atoms with Gasteiger partial charge in [-0.25, -0.2) is 8.42 Å². The van der Waals surface area contributed by atoms with Crippen molar-refractivity contribution in [3.63, 3.8) is 0 Å². The normalized spacial score (nSPS) is 11.1. The summed E-state index contributed by atoms with van der Waals surface area (Å²) in [7, 11) is -1.99. The van der Waals surface area contributed by atoms with E-state index in [-0.39, 0.29) is 18.2 Å².